The third kappa shape index (κ3) is 37.4. The lowest BCUT2D eigenvalue weighted by Gasteiger charge is -2.51. The minimum Gasteiger partial charge on any atom is -0.415 e. The molecule has 1 aliphatic rings. The molecular weight excluding hydrogens is 943 g/mol. The minimum absolute atomic E-state index is 0.0547. The molecule has 1 aliphatic heterocycles. The van der Waals surface area contributed by atoms with Gasteiger partial charge in [0.25, 0.3) is 0 Å². The number of carbonyl (C=O) groups is 1. The van der Waals surface area contributed by atoms with Gasteiger partial charge in [0.1, 0.15) is 24.4 Å². The second-order valence-electron chi connectivity index (χ2n) is 25.5. The van der Waals surface area contributed by atoms with E-state index in [2.05, 4.69) is 130 Å². The summed E-state index contributed by atoms with van der Waals surface area (Å²) in [4.78, 5) is 14.0. The summed E-state index contributed by atoms with van der Waals surface area (Å²) in [5.74, 6) is 0.0547. The summed E-state index contributed by atoms with van der Waals surface area (Å²) in [6.45, 7) is 38.5. The summed E-state index contributed by atoms with van der Waals surface area (Å²) in [6, 6.07) is -0.417. The van der Waals surface area contributed by atoms with Gasteiger partial charge < -0.3 is 36.9 Å². The highest BCUT2D eigenvalue weighted by molar-refractivity contribution is 6.71. The molecule has 410 valence electrons. The maximum Gasteiger partial charge on any atom is 0.220 e. The summed E-state index contributed by atoms with van der Waals surface area (Å²) in [5.41, 5.74) is 0. The van der Waals surface area contributed by atoms with Crippen LogP contribution in [-0.4, -0.2) is 104 Å². The van der Waals surface area contributed by atoms with Crippen molar-refractivity contribution >= 4 is 47.5 Å². The van der Waals surface area contributed by atoms with Crippen molar-refractivity contribution in [1.82, 2.24) is 5.32 Å². The van der Waals surface area contributed by atoms with E-state index in [1.54, 1.807) is 0 Å². The van der Waals surface area contributed by atoms with E-state index in [0.717, 1.165) is 25.7 Å². The number of amides is 1. The van der Waals surface area contributed by atoms with E-state index < -0.39 is 72.2 Å². The quantitative estimate of drug-likeness (QED) is 0.0367. The topological polar surface area (TPSA) is 93.7 Å². The van der Waals surface area contributed by atoms with Gasteiger partial charge in [-0.15, -0.1) is 0 Å². The van der Waals surface area contributed by atoms with Crippen LogP contribution in [0.1, 0.15) is 181 Å². The second-order valence-corrected chi connectivity index (χ2v) is 47.9. The molecule has 0 unspecified atom stereocenters. The number of nitrogens with one attached hydrogen (secondary N) is 1. The molecule has 0 aromatic heterocycles. The lowest BCUT2D eigenvalue weighted by molar-refractivity contribution is -0.292. The average Bonchev–Trinajstić information content (AvgIpc) is 3.21. The first-order valence-corrected chi connectivity index (χ1v) is 45.9. The van der Waals surface area contributed by atoms with Crippen LogP contribution in [0.3, 0.4) is 0 Å². The molecule has 0 aliphatic carbocycles. The van der Waals surface area contributed by atoms with Crippen LogP contribution < -0.4 is 5.32 Å². The molecule has 0 spiro atoms. The van der Waals surface area contributed by atoms with Gasteiger partial charge in [-0.2, -0.15) is 0 Å². The molecule has 1 saturated heterocycles. The zero-order valence-corrected chi connectivity index (χ0v) is 53.8. The number of allylic oxidation sites excluding steroid dienone is 1. The van der Waals surface area contributed by atoms with Crippen LogP contribution in [0.5, 0.6) is 0 Å². The normalized spacial score (nSPS) is 20.7. The molecule has 1 heterocycles. The van der Waals surface area contributed by atoms with E-state index >= 15 is 0 Å². The van der Waals surface area contributed by atoms with E-state index in [-0.39, 0.29) is 24.7 Å². The first-order valence-electron chi connectivity index (χ1n) is 28.8. The number of hydrogen-bond acceptors (Lipinski definition) is 8. The smallest absolute Gasteiger partial charge is 0.220 e. The van der Waals surface area contributed by atoms with Crippen molar-refractivity contribution in [2.45, 2.75) is 322 Å². The summed E-state index contributed by atoms with van der Waals surface area (Å²) in [7, 11) is -10.4. The molecule has 0 saturated carbocycles. The average molecular weight is 1060 g/mol. The van der Waals surface area contributed by atoms with Gasteiger partial charge >= 0.3 is 0 Å². The molecule has 14 heteroatoms. The van der Waals surface area contributed by atoms with Crippen LogP contribution in [0.25, 0.3) is 0 Å². The molecule has 1 rings (SSSR count). The molecule has 0 bridgehead atoms. The van der Waals surface area contributed by atoms with Crippen LogP contribution in [0.15, 0.2) is 12.2 Å². The fourth-order valence-electron chi connectivity index (χ4n) is 8.93. The van der Waals surface area contributed by atoms with Crippen LogP contribution in [0.2, 0.25) is 98.2 Å². The molecule has 0 aromatic carbocycles. The lowest BCUT2D eigenvalue weighted by atomic mass is 9.99. The van der Waals surface area contributed by atoms with E-state index in [9.17, 15) is 4.79 Å². The molecule has 1 N–H and O–H groups in total. The summed E-state index contributed by atoms with van der Waals surface area (Å²) in [5, 5.41) is 3.46. The SMILES string of the molecule is CCCCCCCCCCCCCC=C[C@H](O[Si](C)(C)C)[C@@H](CO[C@@H]1O[C@H](CO[Si](C)(C)C)[C@@H](O[Si](C)(C)C)[C@H](O[Si](C)(C)C)[C@H]1O[Si](C)(C)C)NC(=O)CCCCCCCCCCCCCCC. The van der Waals surface area contributed by atoms with Crippen LogP contribution in [0, 0.1) is 0 Å². The first-order chi connectivity index (χ1) is 32.2. The van der Waals surface area contributed by atoms with Crippen molar-refractivity contribution in [2.24, 2.45) is 0 Å². The molecule has 7 atom stereocenters. The summed E-state index contributed by atoms with van der Waals surface area (Å²) < 4.78 is 48.9. The van der Waals surface area contributed by atoms with Gasteiger partial charge in [0, 0.05) is 6.42 Å². The molecule has 1 amide bonds. The van der Waals surface area contributed by atoms with Crippen LogP contribution >= 0.6 is 0 Å². The molecule has 0 aromatic rings. The second kappa shape index (κ2) is 36.1. The molecule has 9 nitrogen and oxygen atoms in total. The molecule has 1 fully saturated rings. The number of rotatable bonds is 43. The van der Waals surface area contributed by atoms with E-state index in [0.29, 0.717) is 13.0 Å². The van der Waals surface area contributed by atoms with Gasteiger partial charge in [0.05, 0.1) is 25.4 Å². The van der Waals surface area contributed by atoms with Crippen molar-refractivity contribution in [3.8, 4) is 0 Å². The zero-order chi connectivity index (χ0) is 52.0. The molecular formula is C55H117NO8Si5. The van der Waals surface area contributed by atoms with Crippen LogP contribution in [-0.2, 0) is 36.4 Å². The van der Waals surface area contributed by atoms with Gasteiger partial charge in [0.15, 0.2) is 47.9 Å². The van der Waals surface area contributed by atoms with Crippen molar-refractivity contribution in [3.63, 3.8) is 0 Å². The highest BCUT2D eigenvalue weighted by atomic mass is 28.4. The Hall–Kier alpha value is 0.0144. The van der Waals surface area contributed by atoms with Crippen molar-refractivity contribution in [1.29, 1.82) is 0 Å². The number of hydrogen-bond donors (Lipinski definition) is 1. The predicted octanol–water partition coefficient (Wildman–Crippen LogP) is 16.7. The summed E-state index contributed by atoms with van der Waals surface area (Å²) >= 11 is 0. The third-order valence-electron chi connectivity index (χ3n) is 12.2. The van der Waals surface area contributed by atoms with Crippen molar-refractivity contribution < 1.29 is 36.4 Å². The molecule has 0 radical (unpaired) electrons. The van der Waals surface area contributed by atoms with Gasteiger partial charge in [-0.05, 0) is 117 Å². The van der Waals surface area contributed by atoms with E-state index in [1.807, 2.05) is 0 Å². The Bertz CT molecular complexity index is 1310. The standard InChI is InChI=1S/C55H117NO8Si5/c1-18-20-22-24-26-28-30-32-34-36-38-40-42-44-49(61-66(6,7)8)48(56-51(57)45-43-41-39-37-35-33-31-29-27-25-23-21-19-2)46-58-55-54(64-69(15,16)17)53(63-68(12,13)14)52(62-67(9,10)11)50(60-55)47-59-65(3,4)5/h42,44,48-50,52-55H,18-41,43,45-47H2,1-17H3,(H,56,57)/t48-,49+,50-,52-,53+,54-,55-/m1/s1. The zero-order valence-electron chi connectivity index (χ0n) is 48.8. The Morgan fingerprint density at radius 2 is 0.913 bits per heavy atom. The monoisotopic (exact) mass is 1060 g/mol. The highest BCUT2D eigenvalue weighted by Crippen LogP contribution is 2.35. The van der Waals surface area contributed by atoms with Crippen LogP contribution in [0.4, 0.5) is 0 Å². The summed E-state index contributed by atoms with van der Waals surface area (Å²) in [6.07, 6.45) is 34.4. The van der Waals surface area contributed by atoms with Gasteiger partial charge in [-0.25, -0.2) is 0 Å². The number of carbonyl (C=O) groups excluding carboxylic acids is 1. The van der Waals surface area contributed by atoms with Gasteiger partial charge in [-0.1, -0.05) is 167 Å². The Labute approximate surface area is 434 Å². The first kappa shape index (κ1) is 67.0. The largest absolute Gasteiger partial charge is 0.415 e. The van der Waals surface area contributed by atoms with E-state index in [4.69, 9.17) is 31.6 Å². The van der Waals surface area contributed by atoms with Crippen molar-refractivity contribution in [3.05, 3.63) is 12.2 Å². The Morgan fingerprint density at radius 1 is 0.507 bits per heavy atom. The van der Waals surface area contributed by atoms with E-state index in [1.165, 1.54) is 135 Å². The predicted molar refractivity (Wildman–Crippen MR) is 309 cm³/mol. The maximum atomic E-state index is 14.0. The number of unbranched alkanes of at least 4 members (excludes halogenated alkanes) is 23. The van der Waals surface area contributed by atoms with Crippen molar-refractivity contribution in [2.75, 3.05) is 13.2 Å². The van der Waals surface area contributed by atoms with Gasteiger partial charge in [0.2, 0.25) is 5.91 Å². The fourth-order valence-corrected chi connectivity index (χ4v) is 13.9. The third-order valence-corrected chi connectivity index (χ3v) is 17.2. The fraction of sp³-hybridized carbons (Fsp3) is 0.945. The molecule has 69 heavy (non-hydrogen) atoms. The number of ether oxygens (including phenoxy) is 2. The lowest BCUT2D eigenvalue weighted by Crippen LogP contribution is -2.66. The highest BCUT2D eigenvalue weighted by Gasteiger charge is 2.52. The Kier molecular flexibility index (Phi) is 35.0. The maximum absolute atomic E-state index is 14.0. The Morgan fingerprint density at radius 3 is 1.33 bits per heavy atom. The van der Waals surface area contributed by atoms with Gasteiger partial charge in [-0.3, -0.25) is 4.79 Å². The Balaban J connectivity index is 3.35. The minimum atomic E-state index is -2.18.